The number of hydrogen-bond donors (Lipinski definition) is 0. The number of ether oxygens (including phenoxy) is 2. The van der Waals surface area contributed by atoms with E-state index in [0.717, 1.165) is 32.5 Å². The summed E-state index contributed by atoms with van der Waals surface area (Å²) in [6.45, 7) is 8.26. The van der Waals surface area contributed by atoms with Crippen molar-refractivity contribution in [1.82, 2.24) is 0 Å². The lowest BCUT2D eigenvalue weighted by Gasteiger charge is -2.24. The summed E-state index contributed by atoms with van der Waals surface area (Å²) >= 11 is 0. The molecule has 17 heavy (non-hydrogen) atoms. The van der Waals surface area contributed by atoms with Crippen LogP contribution in [-0.4, -0.2) is 27.3 Å². The van der Waals surface area contributed by atoms with Crippen LogP contribution in [-0.2, 0) is 13.9 Å². The van der Waals surface area contributed by atoms with E-state index in [1.165, 1.54) is 5.76 Å². The van der Waals surface area contributed by atoms with Crippen LogP contribution in [0.15, 0.2) is 11.8 Å². The smallest absolute Gasteiger partial charge is 0.241 e. The minimum absolute atomic E-state index is 0.240. The fraction of sp³-hybridized carbons (Fsp3) is 0.846. The summed E-state index contributed by atoms with van der Waals surface area (Å²) in [5.41, 5.74) is 0. The van der Waals surface area contributed by atoms with Crippen molar-refractivity contribution in [3.8, 4) is 0 Å². The lowest BCUT2D eigenvalue weighted by molar-refractivity contribution is -0.154. The number of rotatable bonds is 2. The molecule has 1 aliphatic heterocycles. The zero-order valence-electron chi connectivity index (χ0n) is 11.0. The minimum Gasteiger partial charge on any atom is -0.548 e. The summed E-state index contributed by atoms with van der Waals surface area (Å²) in [5.74, 6) is 2.28. The molecule has 0 aromatic rings. The van der Waals surface area contributed by atoms with Crippen molar-refractivity contribution in [1.29, 1.82) is 0 Å². The predicted octanol–water partition coefficient (Wildman–Crippen LogP) is 2.89. The molecule has 2 aliphatic carbocycles. The van der Waals surface area contributed by atoms with E-state index in [1.54, 1.807) is 0 Å². The van der Waals surface area contributed by atoms with Crippen LogP contribution in [0.2, 0.25) is 19.6 Å². The number of allylic oxidation sites excluding steroid dienone is 2. The highest BCUT2D eigenvalue weighted by molar-refractivity contribution is 6.70. The fourth-order valence-corrected chi connectivity index (χ4v) is 4.28. The van der Waals surface area contributed by atoms with E-state index in [2.05, 4.69) is 25.7 Å². The Kier molecular flexibility index (Phi) is 2.65. The molecule has 0 unspecified atom stereocenters. The largest absolute Gasteiger partial charge is 0.548 e. The van der Waals surface area contributed by atoms with E-state index < -0.39 is 8.32 Å². The molecule has 4 heteroatoms. The van der Waals surface area contributed by atoms with Gasteiger partial charge in [-0.25, -0.2) is 0 Å². The fourth-order valence-electron chi connectivity index (χ4n) is 3.35. The van der Waals surface area contributed by atoms with Crippen molar-refractivity contribution < 1.29 is 13.9 Å². The molecular weight excluding hydrogens is 232 g/mol. The van der Waals surface area contributed by atoms with Crippen LogP contribution in [0.4, 0.5) is 0 Å². The molecule has 2 fully saturated rings. The van der Waals surface area contributed by atoms with Gasteiger partial charge in [-0.2, -0.15) is 0 Å². The van der Waals surface area contributed by atoms with Crippen LogP contribution in [0.3, 0.4) is 0 Å². The van der Waals surface area contributed by atoms with Crippen LogP contribution < -0.4 is 0 Å². The van der Waals surface area contributed by atoms with E-state index in [4.69, 9.17) is 13.9 Å². The van der Waals surface area contributed by atoms with Gasteiger partial charge in [0.2, 0.25) is 8.32 Å². The predicted molar refractivity (Wildman–Crippen MR) is 68.0 cm³/mol. The molecule has 1 heterocycles. The molecule has 2 atom stereocenters. The van der Waals surface area contributed by atoms with Crippen molar-refractivity contribution in [3.63, 3.8) is 0 Å². The molecule has 0 radical (unpaired) electrons. The second-order valence-electron chi connectivity index (χ2n) is 6.49. The summed E-state index contributed by atoms with van der Waals surface area (Å²) in [6.07, 6.45) is 5.50. The first kappa shape index (κ1) is 11.7. The molecule has 1 saturated carbocycles. The van der Waals surface area contributed by atoms with E-state index in [0.29, 0.717) is 11.8 Å². The summed E-state index contributed by atoms with van der Waals surface area (Å²) in [5, 5.41) is 0. The van der Waals surface area contributed by atoms with Crippen LogP contribution in [0.25, 0.3) is 0 Å². The second kappa shape index (κ2) is 3.83. The maximum absolute atomic E-state index is 6.10. The lowest BCUT2D eigenvalue weighted by Crippen LogP contribution is -2.27. The van der Waals surface area contributed by atoms with Gasteiger partial charge in [-0.15, -0.1) is 0 Å². The molecule has 0 N–H and O–H groups in total. The van der Waals surface area contributed by atoms with Crippen LogP contribution in [0, 0.1) is 11.8 Å². The normalized spacial score (nSPS) is 35.1. The van der Waals surface area contributed by atoms with Gasteiger partial charge in [0.05, 0.1) is 19.0 Å². The molecule has 0 aromatic carbocycles. The lowest BCUT2D eigenvalue weighted by atomic mass is 10.0. The maximum atomic E-state index is 6.10. The molecule has 0 amide bonds. The van der Waals surface area contributed by atoms with Gasteiger partial charge in [-0.05, 0) is 37.6 Å². The van der Waals surface area contributed by atoms with Crippen LogP contribution in [0.1, 0.15) is 19.3 Å². The highest BCUT2D eigenvalue weighted by Crippen LogP contribution is 2.51. The molecule has 0 bridgehead atoms. The van der Waals surface area contributed by atoms with Gasteiger partial charge in [-0.1, -0.05) is 0 Å². The number of fused-ring (bicyclic) bond motifs is 1. The minimum atomic E-state index is -1.44. The molecular formula is C13H22O3Si. The van der Waals surface area contributed by atoms with Gasteiger partial charge in [0.25, 0.3) is 0 Å². The summed E-state index contributed by atoms with van der Waals surface area (Å²) in [4.78, 5) is 0. The van der Waals surface area contributed by atoms with E-state index in [1.807, 2.05) is 0 Å². The van der Waals surface area contributed by atoms with Crippen molar-refractivity contribution in [2.24, 2.45) is 11.8 Å². The van der Waals surface area contributed by atoms with E-state index in [9.17, 15) is 0 Å². The summed E-state index contributed by atoms with van der Waals surface area (Å²) in [6, 6.07) is 0. The Morgan fingerprint density at radius 1 is 1.24 bits per heavy atom. The van der Waals surface area contributed by atoms with Crippen molar-refractivity contribution >= 4 is 8.32 Å². The molecule has 1 saturated heterocycles. The van der Waals surface area contributed by atoms with Gasteiger partial charge in [-0.3, -0.25) is 0 Å². The van der Waals surface area contributed by atoms with Gasteiger partial charge < -0.3 is 13.9 Å². The molecule has 3 aliphatic rings. The maximum Gasteiger partial charge on any atom is 0.241 e. The van der Waals surface area contributed by atoms with Gasteiger partial charge in [0.1, 0.15) is 0 Å². The summed E-state index contributed by atoms with van der Waals surface area (Å²) in [7, 11) is -1.44. The second-order valence-corrected chi connectivity index (χ2v) is 10.9. The van der Waals surface area contributed by atoms with Gasteiger partial charge in [0.15, 0.2) is 5.79 Å². The molecule has 96 valence electrons. The molecule has 1 spiro atoms. The molecule has 3 rings (SSSR count). The Morgan fingerprint density at radius 3 is 2.53 bits per heavy atom. The third-order valence-corrected chi connectivity index (χ3v) is 4.71. The quantitative estimate of drug-likeness (QED) is 0.709. The topological polar surface area (TPSA) is 27.7 Å². The Bertz CT molecular complexity index is 339. The zero-order chi connectivity index (χ0) is 12.1. The van der Waals surface area contributed by atoms with Crippen molar-refractivity contribution in [3.05, 3.63) is 11.8 Å². The standard InChI is InChI=1S/C13H22O3Si/c1-17(2,3)16-12-6-10-8-13(9-11(10)7-12)14-4-5-15-13/h6,10-11H,4-5,7-9H2,1-3H3/t10-,11+/m0/s1. The Hall–Kier alpha value is -0.323. The first-order valence-electron chi connectivity index (χ1n) is 6.63. The SMILES string of the molecule is C[Si](C)(C)OC1=C[C@H]2CC3(C[C@H]2C1)OCCO3. The van der Waals surface area contributed by atoms with Crippen LogP contribution in [0.5, 0.6) is 0 Å². The Labute approximate surface area is 104 Å². The van der Waals surface area contributed by atoms with E-state index >= 15 is 0 Å². The highest BCUT2D eigenvalue weighted by atomic mass is 28.4. The molecule has 3 nitrogen and oxygen atoms in total. The van der Waals surface area contributed by atoms with Gasteiger partial charge in [0, 0.05) is 19.3 Å². The Balaban J connectivity index is 1.66. The monoisotopic (exact) mass is 254 g/mol. The van der Waals surface area contributed by atoms with Crippen molar-refractivity contribution in [2.45, 2.75) is 44.7 Å². The first-order valence-corrected chi connectivity index (χ1v) is 10.0. The third kappa shape index (κ3) is 2.30. The Morgan fingerprint density at radius 2 is 1.94 bits per heavy atom. The van der Waals surface area contributed by atoms with E-state index in [-0.39, 0.29) is 5.79 Å². The number of hydrogen-bond acceptors (Lipinski definition) is 3. The van der Waals surface area contributed by atoms with Gasteiger partial charge >= 0.3 is 0 Å². The zero-order valence-corrected chi connectivity index (χ0v) is 12.0. The first-order chi connectivity index (χ1) is 7.96. The third-order valence-electron chi connectivity index (χ3n) is 3.84. The molecule has 0 aromatic heterocycles. The average Bonchev–Trinajstić information content (AvgIpc) is 2.80. The van der Waals surface area contributed by atoms with Crippen molar-refractivity contribution in [2.75, 3.05) is 13.2 Å². The summed E-state index contributed by atoms with van der Waals surface area (Å²) < 4.78 is 17.7. The van der Waals surface area contributed by atoms with Crippen LogP contribution >= 0.6 is 0 Å². The highest BCUT2D eigenvalue weighted by Gasteiger charge is 2.51. The average molecular weight is 254 g/mol.